The van der Waals surface area contributed by atoms with E-state index in [0.717, 1.165) is 44.6 Å². The van der Waals surface area contributed by atoms with E-state index >= 15 is 0 Å². The third-order valence-corrected chi connectivity index (χ3v) is 13.9. The van der Waals surface area contributed by atoms with Crippen LogP contribution in [0.5, 0.6) is 11.5 Å². The molecule has 0 unspecified atom stereocenters. The molecule has 8 nitrogen and oxygen atoms in total. The Hall–Kier alpha value is -3.10. The predicted molar refractivity (Wildman–Crippen MR) is 175 cm³/mol. The van der Waals surface area contributed by atoms with Gasteiger partial charge in [-0.2, -0.15) is 0 Å². The fourth-order valence-corrected chi connectivity index (χ4v) is 11.0. The first-order valence-corrected chi connectivity index (χ1v) is 17.2. The Bertz CT molecular complexity index is 1660. The molecule has 9 rings (SSSR count). The number of ether oxygens (including phenoxy) is 2. The van der Waals surface area contributed by atoms with Gasteiger partial charge >= 0.3 is 12.1 Å². The van der Waals surface area contributed by atoms with Crippen molar-refractivity contribution >= 4 is 17.7 Å². The van der Waals surface area contributed by atoms with E-state index in [-0.39, 0.29) is 39.2 Å². The second-order valence-corrected chi connectivity index (χ2v) is 17.0. The molecule has 8 heteroatoms. The van der Waals surface area contributed by atoms with E-state index in [1.54, 1.807) is 19.1 Å². The molecule has 0 aromatic heterocycles. The average molecular weight is 629 g/mol. The van der Waals surface area contributed by atoms with Gasteiger partial charge in [-0.1, -0.05) is 33.8 Å². The van der Waals surface area contributed by atoms with E-state index in [4.69, 9.17) is 9.47 Å². The molecule has 246 valence electrons. The SMILES string of the molecule is Cc1cc(NC(=O)Oc2ccc3c4c2O[C@H]2[C@]5(C)CC[C@@]6(C[C@@H]5[C@@](C)(O)C(C)(C)C)[C@@H](C3)N(CC3CC3)CC[C@]426)ccc1C(=O)O. The van der Waals surface area contributed by atoms with Gasteiger partial charge in [-0.3, -0.25) is 10.2 Å². The number of aryl methyl sites for hydroxylation is 1. The smallest absolute Gasteiger partial charge is 0.417 e. The van der Waals surface area contributed by atoms with Crippen molar-refractivity contribution in [2.75, 3.05) is 18.4 Å². The lowest BCUT2D eigenvalue weighted by Crippen LogP contribution is -2.80. The fraction of sp³-hybridized carbons (Fsp3) is 0.632. The Morgan fingerprint density at radius 1 is 1.11 bits per heavy atom. The van der Waals surface area contributed by atoms with Gasteiger partial charge in [-0.15, -0.1) is 0 Å². The zero-order valence-corrected chi connectivity index (χ0v) is 28.0. The van der Waals surface area contributed by atoms with Crippen molar-refractivity contribution in [3.63, 3.8) is 0 Å². The minimum Gasteiger partial charge on any atom is -0.485 e. The van der Waals surface area contributed by atoms with Gasteiger partial charge in [0.1, 0.15) is 6.10 Å². The summed E-state index contributed by atoms with van der Waals surface area (Å²) in [7, 11) is 0. The van der Waals surface area contributed by atoms with Gasteiger partial charge in [0.15, 0.2) is 11.5 Å². The zero-order valence-electron chi connectivity index (χ0n) is 28.0. The van der Waals surface area contributed by atoms with Crippen molar-refractivity contribution in [3.05, 3.63) is 52.6 Å². The lowest BCUT2D eigenvalue weighted by Gasteiger charge is -2.75. The predicted octanol–water partition coefficient (Wildman–Crippen LogP) is 6.95. The van der Waals surface area contributed by atoms with Crippen LogP contribution in [0.1, 0.15) is 100 Å². The number of benzene rings is 2. The number of carbonyl (C=O) groups is 2. The first-order chi connectivity index (χ1) is 21.6. The summed E-state index contributed by atoms with van der Waals surface area (Å²) in [4.78, 5) is 27.6. The van der Waals surface area contributed by atoms with Gasteiger partial charge in [-0.25, -0.2) is 9.59 Å². The molecule has 46 heavy (non-hydrogen) atoms. The lowest BCUT2D eigenvalue weighted by atomic mass is 9.31. The molecule has 2 aromatic carbocycles. The van der Waals surface area contributed by atoms with Crippen molar-refractivity contribution in [3.8, 4) is 11.5 Å². The van der Waals surface area contributed by atoms with Crippen LogP contribution in [-0.2, 0) is 11.8 Å². The number of anilines is 1. The van der Waals surface area contributed by atoms with Gasteiger partial charge in [0.25, 0.3) is 0 Å². The number of aromatic carboxylic acids is 1. The molecule has 7 atom stereocenters. The molecule has 2 aromatic rings. The summed E-state index contributed by atoms with van der Waals surface area (Å²) in [6, 6.07) is 9.17. The van der Waals surface area contributed by atoms with Crippen molar-refractivity contribution in [1.82, 2.24) is 4.90 Å². The minimum atomic E-state index is -1.01. The highest BCUT2D eigenvalue weighted by atomic mass is 16.6. The van der Waals surface area contributed by atoms with Crippen LogP contribution in [0.2, 0.25) is 0 Å². The first-order valence-electron chi connectivity index (χ1n) is 17.2. The molecular formula is C38H48N2O6. The Labute approximate surface area is 271 Å². The number of carboxylic acid groups (broad SMARTS) is 1. The summed E-state index contributed by atoms with van der Waals surface area (Å²) in [6.45, 7) is 14.8. The standard InChI is InChI=1S/C38H48N2O6/c1-21-17-24(10-11-25(21)31(41)42)39-33(43)45-26-12-9-23-18-28-37-14-13-35(5,27(19-37)36(6,44)34(2,3)4)32-38(37,29(23)30(26)46-32)15-16-40(28)20-22-7-8-22/h9-12,17,22,27-28,32,44H,7-8,13-16,18-20H2,1-6H3,(H,39,43)(H,41,42)/t27-,28+,32-,35+,36+,37+,38-/m0/s1. The number of hydrogen-bond donors (Lipinski definition) is 3. The fourth-order valence-electron chi connectivity index (χ4n) is 11.0. The van der Waals surface area contributed by atoms with Gasteiger partial charge in [0.2, 0.25) is 0 Å². The minimum absolute atomic E-state index is 0.0228. The maximum atomic E-state index is 13.3. The summed E-state index contributed by atoms with van der Waals surface area (Å²) in [5.41, 5.74) is 2.14. The largest absolute Gasteiger partial charge is 0.485 e. The summed E-state index contributed by atoms with van der Waals surface area (Å²) in [5, 5.41) is 24.6. The second kappa shape index (κ2) is 9.50. The van der Waals surface area contributed by atoms with Crippen molar-refractivity contribution in [2.24, 2.45) is 28.1 Å². The van der Waals surface area contributed by atoms with Crippen LogP contribution in [0.15, 0.2) is 30.3 Å². The number of amides is 1. The van der Waals surface area contributed by atoms with Gasteiger partial charge < -0.3 is 19.7 Å². The topological polar surface area (TPSA) is 108 Å². The lowest BCUT2D eigenvalue weighted by molar-refractivity contribution is -0.276. The second-order valence-electron chi connectivity index (χ2n) is 17.0. The molecule has 2 heterocycles. The van der Waals surface area contributed by atoms with Crippen LogP contribution in [0.4, 0.5) is 10.5 Å². The van der Waals surface area contributed by atoms with Crippen molar-refractivity contribution in [1.29, 1.82) is 0 Å². The number of hydrogen-bond acceptors (Lipinski definition) is 6. The van der Waals surface area contributed by atoms with E-state index in [1.807, 2.05) is 6.07 Å². The Kier molecular flexibility index (Phi) is 6.25. The molecule has 2 aliphatic heterocycles. The number of fused-ring (bicyclic) bond motifs is 2. The first kappa shape index (κ1) is 30.2. The van der Waals surface area contributed by atoms with Crippen LogP contribution in [-0.4, -0.2) is 58.0 Å². The van der Waals surface area contributed by atoms with Gasteiger partial charge in [0.05, 0.1) is 11.2 Å². The number of aliphatic hydroxyl groups is 1. The summed E-state index contributed by atoms with van der Waals surface area (Å²) < 4.78 is 13.3. The highest BCUT2D eigenvalue weighted by Gasteiger charge is 2.80. The quantitative estimate of drug-likeness (QED) is 0.318. The van der Waals surface area contributed by atoms with Crippen LogP contribution in [0.3, 0.4) is 0 Å². The van der Waals surface area contributed by atoms with Crippen molar-refractivity contribution in [2.45, 2.75) is 110 Å². The maximum absolute atomic E-state index is 13.3. The monoisotopic (exact) mass is 628 g/mol. The maximum Gasteiger partial charge on any atom is 0.417 e. The van der Waals surface area contributed by atoms with Crippen LogP contribution in [0, 0.1) is 35.0 Å². The number of nitrogens with zero attached hydrogens (tertiary/aromatic N) is 1. The number of piperidine rings is 1. The van der Waals surface area contributed by atoms with Gasteiger partial charge in [-0.05, 0) is 118 Å². The summed E-state index contributed by atoms with van der Waals surface area (Å²) in [6.07, 6.45) is 7.01. The number of rotatable bonds is 6. The number of nitrogens with one attached hydrogen (secondary N) is 1. The number of likely N-dealkylation sites (tertiary alicyclic amines) is 1. The Morgan fingerprint density at radius 3 is 2.54 bits per heavy atom. The third kappa shape index (κ3) is 3.86. The van der Waals surface area contributed by atoms with Gasteiger partial charge in [0, 0.05) is 40.1 Å². The molecule has 4 saturated carbocycles. The summed E-state index contributed by atoms with van der Waals surface area (Å²) >= 11 is 0. The normalized spacial score (nSPS) is 35.2. The molecule has 3 N–H and O–H groups in total. The highest BCUT2D eigenvalue weighted by Crippen LogP contribution is 2.79. The third-order valence-electron chi connectivity index (χ3n) is 13.9. The molecule has 5 aliphatic carbocycles. The van der Waals surface area contributed by atoms with E-state index in [2.05, 4.69) is 50.9 Å². The molecule has 4 bridgehead atoms. The Balaban J connectivity index is 1.20. The van der Waals surface area contributed by atoms with E-state index < -0.39 is 17.7 Å². The molecule has 5 fully saturated rings. The van der Waals surface area contributed by atoms with Crippen LogP contribution >= 0.6 is 0 Å². The molecule has 1 amide bonds. The average Bonchev–Trinajstić information content (AvgIpc) is 3.71. The number of carboxylic acids is 1. The molecule has 0 radical (unpaired) electrons. The number of carbonyl (C=O) groups excluding carboxylic acids is 1. The zero-order chi connectivity index (χ0) is 32.6. The highest BCUT2D eigenvalue weighted by molar-refractivity contribution is 5.92. The van der Waals surface area contributed by atoms with E-state index in [1.165, 1.54) is 36.6 Å². The molecule has 2 spiro atoms. The van der Waals surface area contributed by atoms with E-state index in [9.17, 15) is 19.8 Å². The molecular weight excluding hydrogens is 580 g/mol. The Morgan fingerprint density at radius 2 is 1.87 bits per heavy atom. The molecule has 7 aliphatic rings. The van der Waals surface area contributed by atoms with E-state index in [0.29, 0.717) is 28.8 Å². The molecule has 1 saturated heterocycles. The van der Waals surface area contributed by atoms with Crippen LogP contribution < -0.4 is 14.8 Å². The van der Waals surface area contributed by atoms with Crippen molar-refractivity contribution < 1.29 is 29.3 Å². The van der Waals surface area contributed by atoms with Crippen LogP contribution in [0.25, 0.3) is 0 Å². The summed E-state index contributed by atoms with van der Waals surface area (Å²) in [5.74, 6) is 1.000.